The fourth-order valence-electron chi connectivity index (χ4n) is 1.88. The standard InChI is InChI=1S/C14H22ClNO/c1-10-5-6-12(14(15)7-10)9-13(16-3)8-11(2)17-4/h5-7,11,13,16H,8-9H2,1-4H3. The Kier molecular flexibility index (Phi) is 5.96. The zero-order chi connectivity index (χ0) is 12.8. The quantitative estimate of drug-likeness (QED) is 0.843. The molecule has 1 rings (SSSR count). The summed E-state index contributed by atoms with van der Waals surface area (Å²) in [5, 5.41) is 4.18. The number of aryl methyl sites for hydroxylation is 1. The molecule has 0 heterocycles. The van der Waals surface area contributed by atoms with Crippen LogP contribution in [0.2, 0.25) is 5.02 Å². The summed E-state index contributed by atoms with van der Waals surface area (Å²) in [7, 11) is 3.73. The largest absolute Gasteiger partial charge is 0.382 e. The van der Waals surface area contributed by atoms with Crippen LogP contribution in [-0.4, -0.2) is 26.3 Å². The van der Waals surface area contributed by atoms with E-state index in [9.17, 15) is 0 Å². The van der Waals surface area contributed by atoms with Gasteiger partial charge in [0, 0.05) is 18.2 Å². The summed E-state index contributed by atoms with van der Waals surface area (Å²) in [6.07, 6.45) is 2.18. The normalized spacial score (nSPS) is 14.6. The van der Waals surface area contributed by atoms with Crippen LogP contribution in [0.5, 0.6) is 0 Å². The summed E-state index contributed by atoms with van der Waals surface area (Å²) in [6.45, 7) is 4.14. The van der Waals surface area contributed by atoms with Gasteiger partial charge in [-0.2, -0.15) is 0 Å². The van der Waals surface area contributed by atoms with E-state index in [4.69, 9.17) is 16.3 Å². The van der Waals surface area contributed by atoms with Crippen molar-refractivity contribution in [3.63, 3.8) is 0 Å². The number of methoxy groups -OCH3 is 1. The van der Waals surface area contributed by atoms with Crippen molar-refractivity contribution >= 4 is 11.6 Å². The maximum Gasteiger partial charge on any atom is 0.0558 e. The monoisotopic (exact) mass is 255 g/mol. The van der Waals surface area contributed by atoms with E-state index in [2.05, 4.69) is 31.3 Å². The first kappa shape index (κ1) is 14.5. The highest BCUT2D eigenvalue weighted by Gasteiger charge is 2.13. The molecule has 0 aromatic heterocycles. The van der Waals surface area contributed by atoms with Gasteiger partial charge in [-0.05, 0) is 50.9 Å². The topological polar surface area (TPSA) is 21.3 Å². The lowest BCUT2D eigenvalue weighted by molar-refractivity contribution is 0.101. The molecule has 1 N–H and O–H groups in total. The zero-order valence-electron chi connectivity index (χ0n) is 11.1. The van der Waals surface area contributed by atoms with Crippen molar-refractivity contribution in [2.45, 2.75) is 38.8 Å². The van der Waals surface area contributed by atoms with Crippen molar-refractivity contribution in [3.8, 4) is 0 Å². The fraction of sp³-hybridized carbons (Fsp3) is 0.571. The summed E-state index contributed by atoms with van der Waals surface area (Å²) in [5.74, 6) is 0. The Labute approximate surface area is 109 Å². The van der Waals surface area contributed by atoms with Gasteiger partial charge in [-0.15, -0.1) is 0 Å². The molecule has 0 amide bonds. The Balaban J connectivity index is 2.67. The van der Waals surface area contributed by atoms with E-state index in [1.807, 2.05) is 13.1 Å². The lowest BCUT2D eigenvalue weighted by atomic mass is 10.0. The molecule has 0 fully saturated rings. The van der Waals surface area contributed by atoms with E-state index in [0.29, 0.717) is 6.04 Å². The minimum Gasteiger partial charge on any atom is -0.382 e. The van der Waals surface area contributed by atoms with Gasteiger partial charge >= 0.3 is 0 Å². The fourth-order valence-corrected chi connectivity index (χ4v) is 2.20. The van der Waals surface area contributed by atoms with Gasteiger partial charge in [0.1, 0.15) is 0 Å². The average molecular weight is 256 g/mol. The van der Waals surface area contributed by atoms with Crippen molar-refractivity contribution in [1.82, 2.24) is 5.32 Å². The van der Waals surface area contributed by atoms with Gasteiger partial charge in [0.2, 0.25) is 0 Å². The molecule has 0 aliphatic carbocycles. The highest BCUT2D eigenvalue weighted by atomic mass is 35.5. The molecule has 0 saturated heterocycles. The van der Waals surface area contributed by atoms with Crippen LogP contribution in [0.3, 0.4) is 0 Å². The highest BCUT2D eigenvalue weighted by Crippen LogP contribution is 2.20. The van der Waals surface area contributed by atoms with Crippen molar-refractivity contribution in [1.29, 1.82) is 0 Å². The molecule has 3 heteroatoms. The lowest BCUT2D eigenvalue weighted by Gasteiger charge is -2.20. The molecule has 0 radical (unpaired) electrons. The molecular formula is C14H22ClNO. The van der Waals surface area contributed by atoms with E-state index in [1.165, 1.54) is 11.1 Å². The van der Waals surface area contributed by atoms with E-state index >= 15 is 0 Å². The number of halogens is 1. The predicted molar refractivity (Wildman–Crippen MR) is 73.8 cm³/mol. The van der Waals surface area contributed by atoms with Crippen molar-refractivity contribution < 1.29 is 4.74 Å². The van der Waals surface area contributed by atoms with Crippen molar-refractivity contribution in [3.05, 3.63) is 34.3 Å². The molecule has 0 bridgehead atoms. The first-order chi connectivity index (χ1) is 8.06. The van der Waals surface area contributed by atoms with Crippen LogP contribution in [0.1, 0.15) is 24.5 Å². The van der Waals surface area contributed by atoms with Crippen LogP contribution in [0.25, 0.3) is 0 Å². The third kappa shape index (κ3) is 4.66. The molecule has 0 aliphatic rings. The van der Waals surface area contributed by atoms with Crippen LogP contribution >= 0.6 is 11.6 Å². The molecule has 17 heavy (non-hydrogen) atoms. The van der Waals surface area contributed by atoms with E-state index in [1.54, 1.807) is 7.11 Å². The molecule has 0 aliphatic heterocycles. The van der Waals surface area contributed by atoms with Crippen LogP contribution in [-0.2, 0) is 11.2 Å². The first-order valence-corrected chi connectivity index (χ1v) is 6.39. The van der Waals surface area contributed by atoms with Crippen molar-refractivity contribution in [2.24, 2.45) is 0 Å². The predicted octanol–water partition coefficient (Wildman–Crippen LogP) is 3.20. The number of nitrogens with one attached hydrogen (secondary N) is 1. The third-order valence-corrected chi connectivity index (χ3v) is 3.45. The second-order valence-electron chi connectivity index (χ2n) is 4.57. The van der Waals surface area contributed by atoms with E-state index < -0.39 is 0 Å². The highest BCUT2D eigenvalue weighted by molar-refractivity contribution is 6.31. The van der Waals surface area contributed by atoms with Crippen LogP contribution in [0.4, 0.5) is 0 Å². The number of ether oxygens (including phenoxy) is 1. The number of benzene rings is 1. The molecule has 96 valence electrons. The number of rotatable bonds is 6. The molecule has 2 atom stereocenters. The lowest BCUT2D eigenvalue weighted by Crippen LogP contribution is -2.31. The number of likely N-dealkylation sites (N-methyl/N-ethyl adjacent to an activating group) is 1. The first-order valence-electron chi connectivity index (χ1n) is 6.02. The summed E-state index contributed by atoms with van der Waals surface area (Å²) in [5.41, 5.74) is 2.39. The van der Waals surface area contributed by atoms with Crippen LogP contribution in [0.15, 0.2) is 18.2 Å². The molecular weight excluding hydrogens is 234 g/mol. The maximum atomic E-state index is 6.24. The summed E-state index contributed by atoms with van der Waals surface area (Å²) in [4.78, 5) is 0. The van der Waals surface area contributed by atoms with Crippen LogP contribution in [0, 0.1) is 6.92 Å². The Bertz CT molecular complexity index is 354. The molecule has 0 spiro atoms. The van der Waals surface area contributed by atoms with Gasteiger partial charge in [0.05, 0.1) is 6.10 Å². The van der Waals surface area contributed by atoms with E-state index in [0.717, 1.165) is 17.9 Å². The minimum atomic E-state index is 0.261. The Morgan fingerprint density at radius 1 is 1.41 bits per heavy atom. The van der Waals surface area contributed by atoms with Gasteiger partial charge < -0.3 is 10.1 Å². The number of hydrogen-bond donors (Lipinski definition) is 1. The van der Waals surface area contributed by atoms with E-state index in [-0.39, 0.29) is 6.10 Å². The smallest absolute Gasteiger partial charge is 0.0558 e. The zero-order valence-corrected chi connectivity index (χ0v) is 11.8. The van der Waals surface area contributed by atoms with Gasteiger partial charge in [0.25, 0.3) is 0 Å². The molecule has 2 nitrogen and oxygen atoms in total. The molecule has 1 aromatic rings. The third-order valence-electron chi connectivity index (χ3n) is 3.10. The summed E-state index contributed by atoms with van der Waals surface area (Å²) in [6, 6.07) is 6.63. The SMILES string of the molecule is CNC(Cc1ccc(C)cc1Cl)CC(C)OC. The Morgan fingerprint density at radius 2 is 2.12 bits per heavy atom. The van der Waals surface area contributed by atoms with Crippen LogP contribution < -0.4 is 5.32 Å². The van der Waals surface area contributed by atoms with Gasteiger partial charge in [0.15, 0.2) is 0 Å². The molecule has 0 saturated carbocycles. The minimum absolute atomic E-state index is 0.261. The average Bonchev–Trinajstić information content (AvgIpc) is 2.31. The Morgan fingerprint density at radius 3 is 2.65 bits per heavy atom. The maximum absolute atomic E-state index is 6.24. The second kappa shape index (κ2) is 7.00. The van der Waals surface area contributed by atoms with Gasteiger partial charge in [-0.1, -0.05) is 23.7 Å². The Hall–Kier alpha value is -0.570. The molecule has 1 aromatic carbocycles. The summed E-state index contributed by atoms with van der Waals surface area (Å²) >= 11 is 6.24. The second-order valence-corrected chi connectivity index (χ2v) is 4.97. The summed E-state index contributed by atoms with van der Waals surface area (Å²) < 4.78 is 5.30. The van der Waals surface area contributed by atoms with Gasteiger partial charge in [-0.3, -0.25) is 0 Å². The van der Waals surface area contributed by atoms with Gasteiger partial charge in [-0.25, -0.2) is 0 Å². The number of hydrogen-bond acceptors (Lipinski definition) is 2. The van der Waals surface area contributed by atoms with Crippen molar-refractivity contribution in [2.75, 3.05) is 14.2 Å². The molecule has 2 unspecified atom stereocenters.